The van der Waals surface area contributed by atoms with Gasteiger partial charge in [-0.25, -0.2) is 0 Å². The van der Waals surface area contributed by atoms with Crippen LogP contribution in [0.1, 0.15) is 77.6 Å². The summed E-state index contributed by atoms with van der Waals surface area (Å²) in [7, 11) is 0. The van der Waals surface area contributed by atoms with Gasteiger partial charge in [0.25, 0.3) is 0 Å². The fraction of sp³-hybridized carbons (Fsp3) is 0.938. The summed E-state index contributed by atoms with van der Waals surface area (Å²) in [6, 6.07) is 0. The van der Waals surface area contributed by atoms with Crippen molar-refractivity contribution >= 4 is 5.97 Å². The standard InChI is InChI=1S/C16H31NO2/c1-2-3-4-5-9-12-19-15(18)13-16(14-17)10-7-6-8-11-16/h2-14,17H2,1H3. The molecule has 2 N–H and O–H groups in total. The van der Waals surface area contributed by atoms with Crippen LogP contribution in [0, 0.1) is 5.41 Å². The molecule has 0 atom stereocenters. The molecule has 1 saturated carbocycles. The average molecular weight is 269 g/mol. The predicted molar refractivity (Wildman–Crippen MR) is 78.9 cm³/mol. The van der Waals surface area contributed by atoms with E-state index in [4.69, 9.17) is 10.5 Å². The number of rotatable bonds is 9. The van der Waals surface area contributed by atoms with Crippen LogP contribution in [-0.4, -0.2) is 19.1 Å². The minimum atomic E-state index is -0.0390. The zero-order valence-electron chi connectivity index (χ0n) is 12.6. The topological polar surface area (TPSA) is 52.3 Å². The van der Waals surface area contributed by atoms with E-state index < -0.39 is 0 Å². The Balaban J connectivity index is 2.15. The van der Waals surface area contributed by atoms with Crippen molar-refractivity contribution in [2.45, 2.75) is 77.6 Å². The van der Waals surface area contributed by atoms with Gasteiger partial charge >= 0.3 is 5.97 Å². The Morgan fingerprint density at radius 1 is 1.11 bits per heavy atom. The summed E-state index contributed by atoms with van der Waals surface area (Å²) in [5, 5.41) is 0. The number of ether oxygens (including phenoxy) is 1. The van der Waals surface area contributed by atoms with E-state index >= 15 is 0 Å². The van der Waals surface area contributed by atoms with E-state index in [9.17, 15) is 4.79 Å². The smallest absolute Gasteiger partial charge is 0.306 e. The minimum Gasteiger partial charge on any atom is -0.466 e. The summed E-state index contributed by atoms with van der Waals surface area (Å²) in [5.74, 6) is -0.0390. The summed E-state index contributed by atoms with van der Waals surface area (Å²) in [6.45, 7) is 3.41. The number of hydrogen-bond acceptors (Lipinski definition) is 3. The van der Waals surface area contributed by atoms with Crippen LogP contribution < -0.4 is 5.73 Å². The normalized spacial score (nSPS) is 18.2. The van der Waals surface area contributed by atoms with Gasteiger partial charge in [-0.2, -0.15) is 0 Å². The molecule has 3 nitrogen and oxygen atoms in total. The van der Waals surface area contributed by atoms with Crippen molar-refractivity contribution in [1.29, 1.82) is 0 Å². The predicted octanol–water partition coefficient (Wildman–Crippen LogP) is 3.80. The third-order valence-electron chi connectivity index (χ3n) is 4.38. The second-order valence-corrected chi connectivity index (χ2v) is 6.08. The molecule has 0 radical (unpaired) electrons. The van der Waals surface area contributed by atoms with Crippen molar-refractivity contribution < 1.29 is 9.53 Å². The first kappa shape index (κ1) is 16.5. The highest BCUT2D eigenvalue weighted by molar-refractivity contribution is 5.70. The molecule has 1 aliphatic carbocycles. The van der Waals surface area contributed by atoms with E-state index in [1.54, 1.807) is 0 Å². The molecule has 0 heterocycles. The second-order valence-electron chi connectivity index (χ2n) is 6.08. The van der Waals surface area contributed by atoms with Gasteiger partial charge in [0, 0.05) is 0 Å². The number of carbonyl (C=O) groups is 1. The molecule has 3 heteroatoms. The Morgan fingerprint density at radius 3 is 2.42 bits per heavy atom. The SMILES string of the molecule is CCCCCCCOC(=O)CC1(CN)CCCCC1. The zero-order chi connectivity index (χ0) is 14.0. The maximum Gasteiger partial charge on any atom is 0.306 e. The molecule has 1 aliphatic rings. The maximum absolute atomic E-state index is 11.9. The van der Waals surface area contributed by atoms with Crippen LogP contribution >= 0.6 is 0 Å². The van der Waals surface area contributed by atoms with Crippen molar-refractivity contribution in [2.24, 2.45) is 11.1 Å². The van der Waals surface area contributed by atoms with Gasteiger partial charge in [0.05, 0.1) is 13.0 Å². The minimum absolute atomic E-state index is 0.0390. The van der Waals surface area contributed by atoms with Gasteiger partial charge in [-0.05, 0) is 31.2 Å². The number of unbranched alkanes of at least 4 members (excludes halogenated alkanes) is 4. The van der Waals surface area contributed by atoms with Crippen molar-refractivity contribution in [2.75, 3.05) is 13.2 Å². The summed E-state index contributed by atoms with van der Waals surface area (Å²) in [5.41, 5.74) is 5.93. The van der Waals surface area contributed by atoms with Crippen molar-refractivity contribution in [3.05, 3.63) is 0 Å². The molecule has 1 rings (SSSR count). The monoisotopic (exact) mass is 269 g/mol. The largest absolute Gasteiger partial charge is 0.466 e. The van der Waals surface area contributed by atoms with E-state index in [1.165, 1.54) is 44.9 Å². The first-order valence-electron chi connectivity index (χ1n) is 8.08. The van der Waals surface area contributed by atoms with Crippen LogP contribution in [0.3, 0.4) is 0 Å². The molecule has 0 aromatic heterocycles. The van der Waals surface area contributed by atoms with Gasteiger partial charge in [0.1, 0.15) is 0 Å². The van der Waals surface area contributed by atoms with Gasteiger partial charge in [0.2, 0.25) is 0 Å². The summed E-state index contributed by atoms with van der Waals surface area (Å²) < 4.78 is 5.36. The molecule has 0 aliphatic heterocycles. The Labute approximate surface area is 118 Å². The van der Waals surface area contributed by atoms with E-state index in [1.807, 2.05) is 0 Å². The van der Waals surface area contributed by atoms with Crippen molar-refractivity contribution in [1.82, 2.24) is 0 Å². The first-order valence-corrected chi connectivity index (χ1v) is 8.08. The molecule has 0 spiro atoms. The quantitative estimate of drug-likeness (QED) is 0.511. The average Bonchev–Trinajstić information content (AvgIpc) is 2.43. The number of hydrogen-bond donors (Lipinski definition) is 1. The summed E-state index contributed by atoms with van der Waals surface area (Å²) in [6.07, 6.45) is 12.4. The van der Waals surface area contributed by atoms with E-state index in [2.05, 4.69) is 6.92 Å². The molecule has 0 bridgehead atoms. The molecule has 112 valence electrons. The number of nitrogens with two attached hydrogens (primary N) is 1. The fourth-order valence-electron chi connectivity index (χ4n) is 3.00. The molecule has 0 aromatic carbocycles. The second kappa shape index (κ2) is 9.35. The third-order valence-corrected chi connectivity index (χ3v) is 4.38. The zero-order valence-corrected chi connectivity index (χ0v) is 12.6. The third kappa shape index (κ3) is 6.42. The Morgan fingerprint density at radius 2 is 1.79 bits per heavy atom. The Bertz CT molecular complexity index is 247. The van der Waals surface area contributed by atoms with E-state index in [-0.39, 0.29) is 11.4 Å². The number of carbonyl (C=O) groups excluding carboxylic acids is 1. The van der Waals surface area contributed by atoms with Crippen molar-refractivity contribution in [3.8, 4) is 0 Å². The molecule has 0 saturated heterocycles. The maximum atomic E-state index is 11.9. The Hall–Kier alpha value is -0.570. The van der Waals surface area contributed by atoms with Crippen molar-refractivity contribution in [3.63, 3.8) is 0 Å². The highest BCUT2D eigenvalue weighted by Gasteiger charge is 2.33. The van der Waals surface area contributed by atoms with Crippen LogP contribution in [0.2, 0.25) is 0 Å². The lowest BCUT2D eigenvalue weighted by Crippen LogP contribution is -2.35. The highest BCUT2D eigenvalue weighted by Crippen LogP contribution is 2.38. The van der Waals surface area contributed by atoms with Gasteiger partial charge in [0.15, 0.2) is 0 Å². The molecule has 0 unspecified atom stereocenters. The first-order chi connectivity index (χ1) is 9.22. The highest BCUT2D eigenvalue weighted by atomic mass is 16.5. The lowest BCUT2D eigenvalue weighted by Gasteiger charge is -2.35. The van der Waals surface area contributed by atoms with Crippen LogP contribution in [-0.2, 0) is 9.53 Å². The fourth-order valence-corrected chi connectivity index (χ4v) is 3.00. The van der Waals surface area contributed by atoms with Gasteiger partial charge in [-0.1, -0.05) is 51.9 Å². The van der Waals surface area contributed by atoms with E-state index in [0.29, 0.717) is 19.6 Å². The van der Waals surface area contributed by atoms with Crippen LogP contribution in [0.4, 0.5) is 0 Å². The lowest BCUT2D eigenvalue weighted by molar-refractivity contribution is -0.147. The van der Waals surface area contributed by atoms with Crippen LogP contribution in [0.25, 0.3) is 0 Å². The molecule has 0 amide bonds. The van der Waals surface area contributed by atoms with E-state index in [0.717, 1.165) is 19.3 Å². The van der Waals surface area contributed by atoms with Gasteiger partial charge in [-0.3, -0.25) is 4.79 Å². The summed E-state index contributed by atoms with van der Waals surface area (Å²) >= 11 is 0. The molecule has 19 heavy (non-hydrogen) atoms. The van der Waals surface area contributed by atoms with Crippen LogP contribution in [0.15, 0.2) is 0 Å². The molecular formula is C16H31NO2. The molecule has 0 aromatic rings. The molecular weight excluding hydrogens is 238 g/mol. The Kier molecular flexibility index (Phi) is 8.11. The lowest BCUT2D eigenvalue weighted by atomic mass is 9.72. The van der Waals surface area contributed by atoms with Gasteiger partial charge < -0.3 is 10.5 Å². The molecule has 1 fully saturated rings. The van der Waals surface area contributed by atoms with Gasteiger partial charge in [-0.15, -0.1) is 0 Å². The summed E-state index contributed by atoms with van der Waals surface area (Å²) in [4.78, 5) is 11.9. The number of esters is 1. The van der Waals surface area contributed by atoms with Crippen LogP contribution in [0.5, 0.6) is 0 Å².